The number of benzene rings is 1. The summed E-state index contributed by atoms with van der Waals surface area (Å²) in [5.74, 6) is 1.05. The molecule has 2 fully saturated rings. The van der Waals surface area contributed by atoms with E-state index >= 15 is 0 Å². The van der Waals surface area contributed by atoms with Gasteiger partial charge in [-0.2, -0.15) is 10.1 Å². The van der Waals surface area contributed by atoms with Gasteiger partial charge in [-0.3, -0.25) is 9.58 Å². The summed E-state index contributed by atoms with van der Waals surface area (Å²) >= 11 is 0. The minimum absolute atomic E-state index is 0. The topological polar surface area (TPSA) is 81.2 Å². The molecule has 1 atom stereocenters. The van der Waals surface area contributed by atoms with Crippen LogP contribution in [0.4, 0.5) is 0 Å². The molecule has 2 saturated heterocycles. The van der Waals surface area contributed by atoms with Gasteiger partial charge in [0.15, 0.2) is 5.69 Å². The third-order valence-corrected chi connectivity index (χ3v) is 5.62. The van der Waals surface area contributed by atoms with Crippen LogP contribution in [0.2, 0.25) is 0 Å². The SMILES string of the molecule is Cl.c1cc(-c2noc(-c3ccn(C4CCCNC4)n3)n2)ccc1CN1CCOCC1. The molecule has 0 radical (unpaired) electrons. The molecule has 1 aromatic carbocycles. The molecule has 5 rings (SSSR count). The number of ether oxygens (including phenoxy) is 1. The summed E-state index contributed by atoms with van der Waals surface area (Å²) in [6, 6.07) is 10.7. The fourth-order valence-corrected chi connectivity index (χ4v) is 3.94. The zero-order chi connectivity index (χ0) is 19.5. The Bertz CT molecular complexity index is 929. The van der Waals surface area contributed by atoms with Crippen molar-refractivity contribution in [2.75, 3.05) is 39.4 Å². The maximum atomic E-state index is 5.48. The van der Waals surface area contributed by atoms with Crippen LogP contribution in [-0.4, -0.2) is 64.2 Å². The number of morpholine rings is 1. The van der Waals surface area contributed by atoms with Crippen LogP contribution in [0.1, 0.15) is 24.4 Å². The zero-order valence-electron chi connectivity index (χ0n) is 16.9. The summed E-state index contributed by atoms with van der Waals surface area (Å²) < 4.78 is 12.9. The van der Waals surface area contributed by atoms with Crippen molar-refractivity contribution in [3.05, 3.63) is 42.1 Å². The molecule has 160 valence electrons. The van der Waals surface area contributed by atoms with Crippen LogP contribution in [0.5, 0.6) is 0 Å². The Morgan fingerprint density at radius 2 is 1.93 bits per heavy atom. The number of aromatic nitrogens is 4. The van der Waals surface area contributed by atoms with Crippen LogP contribution >= 0.6 is 12.4 Å². The van der Waals surface area contributed by atoms with E-state index in [1.807, 2.05) is 16.9 Å². The van der Waals surface area contributed by atoms with Crippen molar-refractivity contribution >= 4 is 12.4 Å². The standard InChI is InChI=1S/C21H26N6O2.ClH/c1-2-18(14-22-8-1)27-9-7-19(24-27)21-23-20(25-29-21)17-5-3-16(4-6-17)15-26-10-12-28-13-11-26;/h3-7,9,18,22H,1-2,8,10-15H2;1H. The summed E-state index contributed by atoms with van der Waals surface area (Å²) in [6.45, 7) is 6.58. The highest BCUT2D eigenvalue weighted by molar-refractivity contribution is 5.85. The normalized spacial score (nSPS) is 20.1. The van der Waals surface area contributed by atoms with Crippen LogP contribution in [0.3, 0.4) is 0 Å². The number of hydrogen-bond acceptors (Lipinski definition) is 7. The molecule has 1 unspecified atom stereocenters. The molecule has 3 aromatic rings. The van der Waals surface area contributed by atoms with Gasteiger partial charge in [0, 0.05) is 37.9 Å². The first-order chi connectivity index (χ1) is 14.3. The molecule has 2 aliphatic rings. The molecular weight excluding hydrogens is 404 g/mol. The summed E-state index contributed by atoms with van der Waals surface area (Å²) in [6.07, 6.45) is 4.31. The van der Waals surface area contributed by atoms with E-state index in [-0.39, 0.29) is 12.4 Å². The zero-order valence-corrected chi connectivity index (χ0v) is 17.7. The van der Waals surface area contributed by atoms with E-state index < -0.39 is 0 Å². The fraction of sp³-hybridized carbons (Fsp3) is 0.476. The van der Waals surface area contributed by atoms with E-state index in [0.717, 1.165) is 63.6 Å². The number of nitrogens with one attached hydrogen (secondary N) is 1. The van der Waals surface area contributed by atoms with Crippen LogP contribution in [0.25, 0.3) is 23.0 Å². The molecule has 1 N–H and O–H groups in total. The maximum absolute atomic E-state index is 5.48. The number of piperidine rings is 1. The van der Waals surface area contributed by atoms with Crippen LogP contribution in [0, 0.1) is 0 Å². The summed E-state index contributed by atoms with van der Waals surface area (Å²) in [4.78, 5) is 6.96. The van der Waals surface area contributed by atoms with Gasteiger partial charge in [-0.15, -0.1) is 12.4 Å². The second-order valence-corrected chi connectivity index (χ2v) is 7.69. The maximum Gasteiger partial charge on any atom is 0.278 e. The van der Waals surface area contributed by atoms with Crippen LogP contribution in [0.15, 0.2) is 41.1 Å². The molecule has 2 aromatic heterocycles. The van der Waals surface area contributed by atoms with E-state index in [4.69, 9.17) is 9.26 Å². The fourth-order valence-electron chi connectivity index (χ4n) is 3.94. The third-order valence-electron chi connectivity index (χ3n) is 5.62. The minimum Gasteiger partial charge on any atom is -0.379 e. The Balaban J connectivity index is 0.00000218. The van der Waals surface area contributed by atoms with Gasteiger partial charge in [0.05, 0.1) is 19.3 Å². The Kier molecular flexibility index (Phi) is 6.79. The second kappa shape index (κ2) is 9.70. The molecule has 30 heavy (non-hydrogen) atoms. The molecule has 0 bridgehead atoms. The van der Waals surface area contributed by atoms with Crippen molar-refractivity contribution in [1.82, 2.24) is 30.1 Å². The predicted octanol–water partition coefficient (Wildman–Crippen LogP) is 2.78. The van der Waals surface area contributed by atoms with E-state index in [1.165, 1.54) is 12.0 Å². The van der Waals surface area contributed by atoms with Gasteiger partial charge < -0.3 is 14.6 Å². The van der Waals surface area contributed by atoms with Crippen molar-refractivity contribution in [3.8, 4) is 23.0 Å². The second-order valence-electron chi connectivity index (χ2n) is 7.69. The number of halogens is 1. The first-order valence-electron chi connectivity index (χ1n) is 10.3. The van der Waals surface area contributed by atoms with Gasteiger partial charge >= 0.3 is 0 Å². The quantitative estimate of drug-likeness (QED) is 0.666. The molecule has 2 aliphatic heterocycles. The lowest BCUT2D eigenvalue weighted by Crippen LogP contribution is -2.35. The van der Waals surface area contributed by atoms with Gasteiger partial charge in [0.25, 0.3) is 5.89 Å². The van der Waals surface area contributed by atoms with Gasteiger partial charge in [0.1, 0.15) is 0 Å². The lowest BCUT2D eigenvalue weighted by atomic mass is 10.1. The predicted molar refractivity (Wildman–Crippen MR) is 115 cm³/mol. The number of hydrogen-bond donors (Lipinski definition) is 1. The molecule has 0 amide bonds. The van der Waals surface area contributed by atoms with Gasteiger partial charge in [-0.1, -0.05) is 29.4 Å². The van der Waals surface area contributed by atoms with Crippen LogP contribution in [-0.2, 0) is 11.3 Å². The van der Waals surface area contributed by atoms with Crippen molar-refractivity contribution in [2.24, 2.45) is 0 Å². The molecule has 0 saturated carbocycles. The van der Waals surface area contributed by atoms with Gasteiger partial charge in [-0.25, -0.2) is 0 Å². The van der Waals surface area contributed by atoms with E-state index in [9.17, 15) is 0 Å². The average molecular weight is 431 g/mol. The Hall–Kier alpha value is -2.26. The van der Waals surface area contributed by atoms with E-state index in [2.05, 4.69) is 49.7 Å². The number of rotatable bonds is 5. The first kappa shape index (κ1) is 21.0. The first-order valence-corrected chi connectivity index (χ1v) is 10.3. The summed E-state index contributed by atoms with van der Waals surface area (Å²) in [5, 5.41) is 12.2. The molecule has 4 heterocycles. The highest BCUT2D eigenvalue weighted by atomic mass is 35.5. The Morgan fingerprint density at radius 3 is 2.70 bits per heavy atom. The van der Waals surface area contributed by atoms with Crippen molar-refractivity contribution in [1.29, 1.82) is 0 Å². The lowest BCUT2D eigenvalue weighted by Gasteiger charge is -2.26. The van der Waals surface area contributed by atoms with Crippen molar-refractivity contribution in [2.45, 2.75) is 25.4 Å². The van der Waals surface area contributed by atoms with Gasteiger partial charge in [0.2, 0.25) is 5.82 Å². The largest absolute Gasteiger partial charge is 0.379 e. The third kappa shape index (κ3) is 4.73. The molecular formula is C21H27ClN6O2. The van der Waals surface area contributed by atoms with Crippen molar-refractivity contribution < 1.29 is 9.26 Å². The van der Waals surface area contributed by atoms with Crippen LogP contribution < -0.4 is 5.32 Å². The monoisotopic (exact) mass is 430 g/mol. The van der Waals surface area contributed by atoms with E-state index in [1.54, 1.807) is 0 Å². The van der Waals surface area contributed by atoms with Crippen molar-refractivity contribution in [3.63, 3.8) is 0 Å². The summed E-state index contributed by atoms with van der Waals surface area (Å²) in [5.41, 5.74) is 2.94. The Morgan fingerprint density at radius 1 is 1.10 bits per heavy atom. The molecule has 9 heteroatoms. The van der Waals surface area contributed by atoms with E-state index in [0.29, 0.717) is 17.8 Å². The number of nitrogens with zero attached hydrogens (tertiary/aromatic N) is 5. The van der Waals surface area contributed by atoms with Gasteiger partial charge in [-0.05, 0) is 31.0 Å². The molecule has 0 aliphatic carbocycles. The smallest absolute Gasteiger partial charge is 0.278 e. The lowest BCUT2D eigenvalue weighted by molar-refractivity contribution is 0.0342. The Labute approximate surface area is 182 Å². The summed E-state index contributed by atoms with van der Waals surface area (Å²) in [7, 11) is 0. The highest BCUT2D eigenvalue weighted by Gasteiger charge is 2.18. The highest BCUT2D eigenvalue weighted by Crippen LogP contribution is 2.23. The average Bonchev–Trinajstić information content (AvgIpc) is 3.46. The molecule has 0 spiro atoms. The minimum atomic E-state index is 0. The molecule has 8 nitrogen and oxygen atoms in total.